The van der Waals surface area contributed by atoms with Crippen molar-refractivity contribution in [3.05, 3.63) is 35.9 Å². The molecule has 2 rings (SSSR count). The molecule has 1 heterocycles. The number of guanidine groups is 1. The number of hydrogen-bond donors (Lipinski definition) is 4. The van der Waals surface area contributed by atoms with Crippen LogP contribution in [0.5, 0.6) is 0 Å². The quantitative estimate of drug-likeness (QED) is 0.115. The summed E-state index contributed by atoms with van der Waals surface area (Å²) in [5.41, 5.74) is 17.7. The molecule has 0 saturated carbocycles. The van der Waals surface area contributed by atoms with Gasteiger partial charge in [0.15, 0.2) is 12.0 Å². The first-order valence-corrected chi connectivity index (χ1v) is 11.0. The van der Waals surface area contributed by atoms with Gasteiger partial charge in [0.25, 0.3) is 0 Å². The van der Waals surface area contributed by atoms with Crippen LogP contribution < -0.4 is 22.5 Å². The van der Waals surface area contributed by atoms with Crippen LogP contribution in [0.4, 0.5) is 0 Å². The summed E-state index contributed by atoms with van der Waals surface area (Å²) in [6.07, 6.45) is 2.23. The molecule has 1 aromatic rings. The maximum Gasteiger partial charge on any atom is 0.329 e. The van der Waals surface area contributed by atoms with Crippen LogP contribution in [0.15, 0.2) is 35.3 Å². The van der Waals surface area contributed by atoms with Crippen molar-refractivity contribution >= 4 is 35.3 Å². The van der Waals surface area contributed by atoms with Gasteiger partial charge in [-0.2, -0.15) is 0 Å². The number of carbonyl (C=O) groups is 3. The third kappa shape index (κ3) is 7.69. The van der Waals surface area contributed by atoms with Crippen molar-refractivity contribution < 1.29 is 19.1 Å². The van der Waals surface area contributed by atoms with Gasteiger partial charge in [0.05, 0.1) is 6.04 Å². The van der Waals surface area contributed by atoms with Gasteiger partial charge in [-0.15, -0.1) is 0 Å². The van der Waals surface area contributed by atoms with E-state index in [-0.39, 0.29) is 24.4 Å². The molecule has 1 saturated heterocycles. The fraction of sp³-hybridized carbons (Fsp3) is 0.524. The summed E-state index contributed by atoms with van der Waals surface area (Å²) in [5, 5.41) is 2.69. The highest BCUT2D eigenvalue weighted by molar-refractivity contribution is 6.17. The van der Waals surface area contributed by atoms with Crippen molar-refractivity contribution in [2.24, 2.45) is 22.2 Å². The maximum absolute atomic E-state index is 12.9. The van der Waals surface area contributed by atoms with Gasteiger partial charge in [0, 0.05) is 13.1 Å². The molecule has 1 aliphatic rings. The van der Waals surface area contributed by atoms with Crippen LogP contribution in [0.3, 0.4) is 0 Å². The molecular formula is C21H31ClN6O4. The van der Waals surface area contributed by atoms with Gasteiger partial charge in [-0.05, 0) is 37.7 Å². The average Bonchev–Trinajstić information content (AvgIpc) is 3.26. The predicted molar refractivity (Wildman–Crippen MR) is 122 cm³/mol. The summed E-state index contributed by atoms with van der Waals surface area (Å²) < 4.78 is 4.85. The smallest absolute Gasteiger partial charge is 0.329 e. The predicted octanol–water partition coefficient (Wildman–Crippen LogP) is -0.175. The highest BCUT2D eigenvalue weighted by atomic mass is 35.5. The second-order valence-electron chi connectivity index (χ2n) is 7.57. The molecule has 32 heavy (non-hydrogen) atoms. The minimum Gasteiger partial charge on any atom is -0.448 e. The van der Waals surface area contributed by atoms with Crippen LogP contribution >= 0.6 is 11.6 Å². The molecule has 0 radical (unpaired) electrons. The van der Waals surface area contributed by atoms with E-state index >= 15 is 0 Å². The number of carbonyl (C=O) groups excluding carboxylic acids is 3. The van der Waals surface area contributed by atoms with E-state index in [2.05, 4.69) is 10.3 Å². The molecule has 1 fully saturated rings. The lowest BCUT2D eigenvalue weighted by atomic mass is 10.0. The number of rotatable bonds is 11. The summed E-state index contributed by atoms with van der Waals surface area (Å²) in [6, 6.07) is 6.73. The molecule has 10 nitrogen and oxygen atoms in total. The molecule has 1 aliphatic heterocycles. The number of nitrogens with two attached hydrogens (primary N) is 3. The van der Waals surface area contributed by atoms with Gasteiger partial charge >= 0.3 is 5.97 Å². The first-order chi connectivity index (χ1) is 15.3. The number of benzene rings is 1. The van der Waals surface area contributed by atoms with Crippen molar-refractivity contribution in [3.63, 3.8) is 0 Å². The number of ether oxygens (including phenoxy) is 1. The summed E-state index contributed by atoms with van der Waals surface area (Å²) in [7, 11) is 0. The SMILES string of the molecule is NC(N)=NCCC[C@H](NC(=O)[C@H]1CCCN1C(=O)[C@H](N)Cc1ccccc1)C(=O)OCCl. The van der Waals surface area contributed by atoms with Gasteiger partial charge in [-0.3, -0.25) is 14.6 Å². The first kappa shape index (κ1) is 25.4. The van der Waals surface area contributed by atoms with Gasteiger partial charge in [-0.1, -0.05) is 41.9 Å². The lowest BCUT2D eigenvalue weighted by Gasteiger charge is -2.28. The normalized spacial score (nSPS) is 17.3. The number of nitrogens with one attached hydrogen (secondary N) is 1. The van der Waals surface area contributed by atoms with E-state index in [0.717, 1.165) is 5.56 Å². The minimum absolute atomic E-state index is 0.0547. The zero-order chi connectivity index (χ0) is 23.5. The number of halogens is 1. The molecule has 176 valence electrons. The van der Waals surface area contributed by atoms with Gasteiger partial charge in [-0.25, -0.2) is 4.79 Å². The van der Waals surface area contributed by atoms with Crippen molar-refractivity contribution in [1.29, 1.82) is 0 Å². The van der Waals surface area contributed by atoms with E-state index < -0.39 is 30.0 Å². The Labute approximate surface area is 192 Å². The molecule has 3 atom stereocenters. The standard InChI is InChI=1S/C21H31ClN6O4/c22-13-32-20(31)16(8-4-10-26-21(24)25)27-18(29)17-9-5-11-28(17)19(30)15(23)12-14-6-2-1-3-7-14/h1-3,6-7,15-17H,4-5,8-13,23H2,(H,27,29)(H4,24,25,26)/t15-,16+,17-/m1/s1. The molecule has 1 aromatic carbocycles. The van der Waals surface area contributed by atoms with E-state index in [1.54, 1.807) is 0 Å². The van der Waals surface area contributed by atoms with Gasteiger partial charge < -0.3 is 32.2 Å². The number of esters is 1. The Balaban J connectivity index is 2.00. The highest BCUT2D eigenvalue weighted by Crippen LogP contribution is 2.20. The van der Waals surface area contributed by atoms with Crippen molar-refractivity contribution in [1.82, 2.24) is 10.2 Å². The van der Waals surface area contributed by atoms with Crippen molar-refractivity contribution in [2.75, 3.05) is 19.2 Å². The number of nitrogens with zero attached hydrogens (tertiary/aromatic N) is 2. The molecule has 0 bridgehead atoms. The monoisotopic (exact) mass is 466 g/mol. The third-order valence-corrected chi connectivity index (χ3v) is 5.31. The molecule has 7 N–H and O–H groups in total. The molecule has 2 amide bonds. The van der Waals surface area contributed by atoms with E-state index in [1.165, 1.54) is 4.90 Å². The van der Waals surface area contributed by atoms with Crippen LogP contribution in [0.2, 0.25) is 0 Å². The summed E-state index contributed by atoms with van der Waals surface area (Å²) in [6.45, 7) is 0.728. The van der Waals surface area contributed by atoms with E-state index in [0.29, 0.717) is 38.8 Å². The topological polar surface area (TPSA) is 166 Å². The first-order valence-electron chi connectivity index (χ1n) is 10.5. The van der Waals surface area contributed by atoms with Crippen LogP contribution in [0.1, 0.15) is 31.2 Å². The van der Waals surface area contributed by atoms with Crippen LogP contribution in [0, 0.1) is 0 Å². The molecule has 0 aromatic heterocycles. The molecule has 0 aliphatic carbocycles. The summed E-state index contributed by atoms with van der Waals surface area (Å²) in [5.74, 6) is -1.43. The fourth-order valence-electron chi connectivity index (χ4n) is 3.65. The Morgan fingerprint density at radius 2 is 1.97 bits per heavy atom. The number of aliphatic imine (C=N–C) groups is 1. The number of hydrogen-bond acceptors (Lipinski definition) is 6. The number of likely N-dealkylation sites (tertiary alicyclic amines) is 1. The van der Waals surface area contributed by atoms with E-state index in [1.807, 2.05) is 30.3 Å². The fourth-order valence-corrected chi connectivity index (χ4v) is 3.75. The Bertz CT molecular complexity index is 803. The highest BCUT2D eigenvalue weighted by Gasteiger charge is 2.37. The van der Waals surface area contributed by atoms with Crippen LogP contribution in [-0.4, -0.2) is 65.9 Å². The zero-order valence-electron chi connectivity index (χ0n) is 17.9. The molecule has 0 unspecified atom stereocenters. The van der Waals surface area contributed by atoms with Gasteiger partial charge in [0.1, 0.15) is 12.1 Å². The Hall–Kier alpha value is -2.85. The van der Waals surface area contributed by atoms with Crippen molar-refractivity contribution in [3.8, 4) is 0 Å². The van der Waals surface area contributed by atoms with Crippen LogP contribution in [0.25, 0.3) is 0 Å². The average molecular weight is 467 g/mol. The summed E-state index contributed by atoms with van der Waals surface area (Å²) in [4.78, 5) is 43.5. The zero-order valence-corrected chi connectivity index (χ0v) is 18.7. The largest absolute Gasteiger partial charge is 0.448 e. The van der Waals surface area contributed by atoms with Crippen LogP contribution in [-0.2, 0) is 25.5 Å². The lowest BCUT2D eigenvalue weighted by molar-refractivity contribution is -0.147. The second kappa shape index (κ2) is 12.9. The molecule has 11 heteroatoms. The Kier molecular flexibility index (Phi) is 10.2. The Morgan fingerprint density at radius 3 is 2.62 bits per heavy atom. The number of alkyl halides is 1. The lowest BCUT2D eigenvalue weighted by Crippen LogP contribution is -2.54. The van der Waals surface area contributed by atoms with Gasteiger partial charge in [0.2, 0.25) is 11.8 Å². The third-order valence-electron chi connectivity index (χ3n) is 5.20. The van der Waals surface area contributed by atoms with Crippen molar-refractivity contribution in [2.45, 2.75) is 50.2 Å². The maximum atomic E-state index is 12.9. The Morgan fingerprint density at radius 1 is 1.25 bits per heavy atom. The molecule has 0 spiro atoms. The summed E-state index contributed by atoms with van der Waals surface area (Å²) >= 11 is 5.50. The number of amides is 2. The van der Waals surface area contributed by atoms with E-state index in [9.17, 15) is 14.4 Å². The van der Waals surface area contributed by atoms with E-state index in [4.69, 9.17) is 33.5 Å². The minimum atomic E-state index is -0.925. The second-order valence-corrected chi connectivity index (χ2v) is 7.79. The molecular weight excluding hydrogens is 436 g/mol.